The van der Waals surface area contributed by atoms with Crippen LogP contribution < -0.4 is 15.0 Å². The Morgan fingerprint density at radius 2 is 2.12 bits per heavy atom. The van der Waals surface area contributed by atoms with E-state index in [2.05, 4.69) is 25.3 Å². The van der Waals surface area contributed by atoms with E-state index in [-0.39, 0.29) is 11.9 Å². The van der Waals surface area contributed by atoms with E-state index in [0.717, 1.165) is 31.6 Å². The monoisotopic (exact) mass is 330 g/mol. The van der Waals surface area contributed by atoms with E-state index >= 15 is 0 Å². The van der Waals surface area contributed by atoms with Crippen molar-refractivity contribution in [2.24, 2.45) is 7.05 Å². The number of nitrogens with zero attached hydrogens (tertiary/aromatic N) is 5. The Morgan fingerprint density at radius 3 is 2.75 bits per heavy atom. The topological polar surface area (TPSA) is 85.2 Å². The number of carbonyl (C=O) groups is 1. The molecular weight excluding hydrogens is 308 g/mol. The van der Waals surface area contributed by atoms with Gasteiger partial charge in [0, 0.05) is 38.4 Å². The molecule has 3 heterocycles. The first kappa shape index (κ1) is 16.2. The van der Waals surface area contributed by atoms with Gasteiger partial charge in [0.25, 0.3) is 5.91 Å². The van der Waals surface area contributed by atoms with Crippen LogP contribution in [0.25, 0.3) is 0 Å². The maximum absolute atomic E-state index is 12.4. The zero-order valence-electron chi connectivity index (χ0n) is 14.2. The first-order valence-electron chi connectivity index (χ1n) is 8.00. The molecule has 128 valence electrons. The number of anilines is 1. The van der Waals surface area contributed by atoms with Crippen LogP contribution in [0.3, 0.4) is 0 Å². The molecule has 0 bridgehead atoms. The van der Waals surface area contributed by atoms with E-state index in [1.807, 2.05) is 6.92 Å². The largest absolute Gasteiger partial charge is 0.481 e. The SMILES string of the molecule is COc1ccnc(N2CCC(NC(=O)c3cc(C)nn3C)CC2)n1. The Hall–Kier alpha value is -2.64. The molecule has 2 aromatic heterocycles. The maximum Gasteiger partial charge on any atom is 0.269 e. The van der Waals surface area contributed by atoms with Crippen LogP contribution in [0.2, 0.25) is 0 Å². The third-order valence-corrected chi connectivity index (χ3v) is 4.17. The normalized spacial score (nSPS) is 15.4. The number of aromatic nitrogens is 4. The van der Waals surface area contributed by atoms with Crippen molar-refractivity contribution in [2.45, 2.75) is 25.8 Å². The summed E-state index contributed by atoms with van der Waals surface area (Å²) in [6.07, 6.45) is 3.39. The second-order valence-corrected chi connectivity index (χ2v) is 5.93. The number of rotatable bonds is 4. The van der Waals surface area contributed by atoms with Gasteiger partial charge in [-0.3, -0.25) is 9.48 Å². The van der Waals surface area contributed by atoms with Gasteiger partial charge in [-0.2, -0.15) is 10.1 Å². The zero-order chi connectivity index (χ0) is 17.1. The van der Waals surface area contributed by atoms with Crippen LogP contribution in [0, 0.1) is 6.92 Å². The highest BCUT2D eigenvalue weighted by Crippen LogP contribution is 2.18. The molecule has 0 saturated carbocycles. The number of amides is 1. The molecule has 1 aliphatic rings. The lowest BCUT2D eigenvalue weighted by Gasteiger charge is -2.32. The fraction of sp³-hybridized carbons (Fsp3) is 0.500. The number of methoxy groups -OCH3 is 1. The van der Waals surface area contributed by atoms with Crippen LogP contribution in [-0.4, -0.2) is 51.9 Å². The lowest BCUT2D eigenvalue weighted by Crippen LogP contribution is -2.45. The Kier molecular flexibility index (Phi) is 4.64. The smallest absolute Gasteiger partial charge is 0.269 e. The van der Waals surface area contributed by atoms with Crippen LogP contribution in [0.1, 0.15) is 29.0 Å². The lowest BCUT2D eigenvalue weighted by molar-refractivity contribution is 0.0921. The minimum atomic E-state index is -0.0748. The molecular formula is C16H22N6O2. The van der Waals surface area contributed by atoms with E-state index in [1.165, 1.54) is 0 Å². The highest BCUT2D eigenvalue weighted by molar-refractivity contribution is 5.92. The summed E-state index contributed by atoms with van der Waals surface area (Å²) in [6, 6.07) is 3.68. The van der Waals surface area contributed by atoms with Crippen molar-refractivity contribution in [3.05, 3.63) is 29.7 Å². The molecule has 24 heavy (non-hydrogen) atoms. The summed E-state index contributed by atoms with van der Waals surface area (Å²) >= 11 is 0. The van der Waals surface area contributed by atoms with Crippen LogP contribution in [0.5, 0.6) is 5.88 Å². The molecule has 0 spiro atoms. The molecule has 0 aliphatic carbocycles. The number of nitrogens with one attached hydrogen (secondary N) is 1. The fourth-order valence-corrected chi connectivity index (χ4v) is 2.90. The van der Waals surface area contributed by atoms with Gasteiger partial charge in [-0.1, -0.05) is 0 Å². The summed E-state index contributed by atoms with van der Waals surface area (Å²) in [5, 5.41) is 7.30. The lowest BCUT2D eigenvalue weighted by atomic mass is 10.1. The molecule has 8 nitrogen and oxygen atoms in total. The molecule has 8 heteroatoms. The molecule has 1 aliphatic heterocycles. The Balaban J connectivity index is 1.57. The van der Waals surface area contributed by atoms with Gasteiger partial charge in [0.2, 0.25) is 11.8 Å². The van der Waals surface area contributed by atoms with E-state index in [4.69, 9.17) is 4.74 Å². The van der Waals surface area contributed by atoms with Crippen LogP contribution >= 0.6 is 0 Å². The number of hydrogen-bond donors (Lipinski definition) is 1. The highest BCUT2D eigenvalue weighted by Gasteiger charge is 2.23. The number of hydrogen-bond acceptors (Lipinski definition) is 6. The van der Waals surface area contributed by atoms with Crippen molar-refractivity contribution < 1.29 is 9.53 Å². The first-order chi connectivity index (χ1) is 11.6. The quantitative estimate of drug-likeness (QED) is 0.897. The predicted molar refractivity (Wildman–Crippen MR) is 89.2 cm³/mol. The number of aryl methyl sites for hydroxylation is 2. The third kappa shape index (κ3) is 3.47. The Labute approximate surface area is 140 Å². The minimum Gasteiger partial charge on any atom is -0.481 e. The van der Waals surface area contributed by atoms with Gasteiger partial charge < -0.3 is 15.0 Å². The summed E-state index contributed by atoms with van der Waals surface area (Å²) in [6.45, 7) is 3.47. The molecule has 0 aromatic carbocycles. The average molecular weight is 330 g/mol. The van der Waals surface area contributed by atoms with Crippen LogP contribution in [0.15, 0.2) is 18.3 Å². The fourth-order valence-electron chi connectivity index (χ4n) is 2.90. The van der Waals surface area contributed by atoms with Gasteiger partial charge >= 0.3 is 0 Å². The van der Waals surface area contributed by atoms with Crippen molar-refractivity contribution in [1.82, 2.24) is 25.1 Å². The third-order valence-electron chi connectivity index (χ3n) is 4.17. The summed E-state index contributed by atoms with van der Waals surface area (Å²) in [7, 11) is 3.37. The summed E-state index contributed by atoms with van der Waals surface area (Å²) in [5.74, 6) is 1.15. The van der Waals surface area contributed by atoms with Gasteiger partial charge in [-0.25, -0.2) is 4.98 Å². The number of carbonyl (C=O) groups excluding carboxylic acids is 1. The maximum atomic E-state index is 12.4. The summed E-state index contributed by atoms with van der Waals surface area (Å²) in [5.41, 5.74) is 1.43. The first-order valence-corrected chi connectivity index (χ1v) is 8.00. The predicted octanol–water partition coefficient (Wildman–Crippen LogP) is 0.926. The number of ether oxygens (including phenoxy) is 1. The second kappa shape index (κ2) is 6.86. The second-order valence-electron chi connectivity index (χ2n) is 5.93. The van der Waals surface area contributed by atoms with E-state index in [9.17, 15) is 4.79 Å². The molecule has 3 rings (SSSR count). The average Bonchev–Trinajstić information content (AvgIpc) is 2.94. The van der Waals surface area contributed by atoms with Crippen molar-refractivity contribution in [1.29, 1.82) is 0 Å². The minimum absolute atomic E-state index is 0.0748. The van der Waals surface area contributed by atoms with Crippen molar-refractivity contribution in [3.8, 4) is 5.88 Å². The standard InChI is InChI=1S/C16H22N6O2/c1-11-10-13(21(2)20-11)15(23)18-12-5-8-22(9-6-12)16-17-7-4-14(19-16)24-3/h4,7,10,12H,5-6,8-9H2,1-3H3,(H,18,23). The summed E-state index contributed by atoms with van der Waals surface area (Å²) in [4.78, 5) is 23.1. The Morgan fingerprint density at radius 1 is 1.38 bits per heavy atom. The molecule has 1 amide bonds. The highest BCUT2D eigenvalue weighted by atomic mass is 16.5. The number of piperidine rings is 1. The van der Waals surface area contributed by atoms with Gasteiger partial charge in [0.05, 0.1) is 12.8 Å². The van der Waals surface area contributed by atoms with E-state index in [0.29, 0.717) is 17.5 Å². The van der Waals surface area contributed by atoms with Crippen molar-refractivity contribution in [2.75, 3.05) is 25.1 Å². The van der Waals surface area contributed by atoms with Gasteiger partial charge in [0.1, 0.15) is 5.69 Å². The van der Waals surface area contributed by atoms with Crippen molar-refractivity contribution in [3.63, 3.8) is 0 Å². The van der Waals surface area contributed by atoms with Gasteiger partial charge in [-0.05, 0) is 25.8 Å². The molecule has 1 fully saturated rings. The molecule has 0 unspecified atom stereocenters. The van der Waals surface area contributed by atoms with Crippen molar-refractivity contribution >= 4 is 11.9 Å². The van der Waals surface area contributed by atoms with E-state index < -0.39 is 0 Å². The molecule has 2 aromatic rings. The van der Waals surface area contributed by atoms with Gasteiger partial charge in [0.15, 0.2) is 0 Å². The molecule has 1 saturated heterocycles. The van der Waals surface area contributed by atoms with Crippen LogP contribution in [0.4, 0.5) is 5.95 Å². The summed E-state index contributed by atoms with van der Waals surface area (Å²) < 4.78 is 6.75. The zero-order valence-corrected chi connectivity index (χ0v) is 14.2. The van der Waals surface area contributed by atoms with Crippen LogP contribution in [-0.2, 0) is 7.05 Å². The Bertz CT molecular complexity index is 721. The molecule has 0 radical (unpaired) electrons. The van der Waals surface area contributed by atoms with E-state index in [1.54, 1.807) is 37.2 Å². The molecule has 0 atom stereocenters. The van der Waals surface area contributed by atoms with Gasteiger partial charge in [-0.15, -0.1) is 0 Å². The molecule has 1 N–H and O–H groups in total.